The van der Waals surface area contributed by atoms with E-state index in [1.54, 1.807) is 6.92 Å². The molecule has 1 aliphatic rings. The quantitative estimate of drug-likeness (QED) is 0.686. The molecule has 122 valence electrons. The van der Waals surface area contributed by atoms with E-state index in [4.69, 9.17) is 17.0 Å². The molecule has 2 aromatic rings. The van der Waals surface area contributed by atoms with E-state index in [1.807, 2.05) is 42.5 Å². The summed E-state index contributed by atoms with van der Waals surface area (Å²) in [4.78, 5) is 16.3. The molecule has 1 atom stereocenters. The van der Waals surface area contributed by atoms with Gasteiger partial charge in [-0.2, -0.15) is 0 Å². The minimum atomic E-state index is -0.375. The number of nitrogens with one attached hydrogen (secondary N) is 1. The number of rotatable bonds is 4. The maximum atomic E-state index is 12.2. The highest BCUT2D eigenvalue weighted by Crippen LogP contribution is 2.19. The standard InChI is InChI=1S/C19H18N2O2S/c1-13-17(11-20-19(24)21-13)18(22)23-12-14-7-9-16(10-8-14)15-5-3-2-4-6-15/h2-10,17H,11-12H2,1H3,(H,20,24). The van der Waals surface area contributed by atoms with E-state index in [0.29, 0.717) is 17.4 Å². The van der Waals surface area contributed by atoms with Crippen molar-refractivity contribution in [1.29, 1.82) is 0 Å². The summed E-state index contributed by atoms with van der Waals surface area (Å²) >= 11 is 4.97. The first-order valence-electron chi connectivity index (χ1n) is 7.77. The van der Waals surface area contributed by atoms with Crippen LogP contribution in [-0.4, -0.2) is 23.3 Å². The summed E-state index contributed by atoms with van der Waals surface area (Å²) in [7, 11) is 0. The highest BCUT2D eigenvalue weighted by Gasteiger charge is 2.26. The number of thiocarbonyl (C=S) groups is 1. The monoisotopic (exact) mass is 338 g/mol. The van der Waals surface area contributed by atoms with Crippen LogP contribution in [0.5, 0.6) is 0 Å². The second kappa shape index (κ2) is 7.36. The smallest absolute Gasteiger partial charge is 0.316 e. The highest BCUT2D eigenvalue weighted by atomic mass is 32.1. The number of ether oxygens (including phenoxy) is 1. The van der Waals surface area contributed by atoms with Gasteiger partial charge in [0.15, 0.2) is 5.11 Å². The van der Waals surface area contributed by atoms with E-state index >= 15 is 0 Å². The normalized spacial score (nSPS) is 17.0. The van der Waals surface area contributed by atoms with Crippen molar-refractivity contribution in [1.82, 2.24) is 5.32 Å². The van der Waals surface area contributed by atoms with Gasteiger partial charge in [-0.25, -0.2) is 4.99 Å². The van der Waals surface area contributed by atoms with Crippen LogP contribution in [0.1, 0.15) is 12.5 Å². The number of carbonyl (C=O) groups is 1. The molecule has 0 radical (unpaired) electrons. The molecule has 1 unspecified atom stereocenters. The van der Waals surface area contributed by atoms with Crippen LogP contribution >= 0.6 is 12.2 Å². The van der Waals surface area contributed by atoms with E-state index < -0.39 is 0 Å². The van der Waals surface area contributed by atoms with E-state index in [9.17, 15) is 4.79 Å². The second-order valence-electron chi connectivity index (χ2n) is 5.66. The van der Waals surface area contributed by atoms with Crippen molar-refractivity contribution in [2.24, 2.45) is 10.9 Å². The Hall–Kier alpha value is -2.53. The Morgan fingerprint density at radius 1 is 1.17 bits per heavy atom. The SMILES string of the molecule is CC1=NC(=S)NCC1C(=O)OCc1ccc(-c2ccccc2)cc1. The topological polar surface area (TPSA) is 50.7 Å². The molecule has 4 nitrogen and oxygen atoms in total. The number of aliphatic imine (C=N–C) groups is 1. The van der Waals surface area contributed by atoms with Crippen molar-refractivity contribution in [2.75, 3.05) is 6.54 Å². The third kappa shape index (κ3) is 3.86. The first-order chi connectivity index (χ1) is 11.6. The zero-order valence-electron chi connectivity index (χ0n) is 13.4. The summed E-state index contributed by atoms with van der Waals surface area (Å²) in [6, 6.07) is 18.2. The molecule has 24 heavy (non-hydrogen) atoms. The predicted molar refractivity (Wildman–Crippen MR) is 98.9 cm³/mol. The molecule has 0 saturated heterocycles. The maximum absolute atomic E-state index is 12.2. The van der Waals surface area contributed by atoms with Crippen LogP contribution in [0, 0.1) is 5.92 Å². The van der Waals surface area contributed by atoms with Gasteiger partial charge in [0, 0.05) is 12.3 Å². The fourth-order valence-electron chi connectivity index (χ4n) is 2.55. The summed E-state index contributed by atoms with van der Waals surface area (Å²) in [6.07, 6.45) is 0. The molecule has 1 aliphatic heterocycles. The Kier molecular flexibility index (Phi) is 5.01. The van der Waals surface area contributed by atoms with Crippen molar-refractivity contribution in [3.63, 3.8) is 0 Å². The fraction of sp³-hybridized carbons (Fsp3) is 0.211. The summed E-state index contributed by atoms with van der Waals surface area (Å²) < 4.78 is 5.42. The molecule has 0 fully saturated rings. The lowest BCUT2D eigenvalue weighted by molar-refractivity contribution is -0.147. The Morgan fingerprint density at radius 3 is 2.50 bits per heavy atom. The molecular weight excluding hydrogens is 320 g/mol. The first kappa shape index (κ1) is 16.3. The van der Waals surface area contributed by atoms with Crippen LogP contribution in [0.25, 0.3) is 11.1 Å². The van der Waals surface area contributed by atoms with Gasteiger partial charge in [-0.3, -0.25) is 4.79 Å². The zero-order chi connectivity index (χ0) is 16.9. The summed E-state index contributed by atoms with van der Waals surface area (Å²) in [6.45, 7) is 2.50. The van der Waals surface area contributed by atoms with Crippen LogP contribution in [0.3, 0.4) is 0 Å². The van der Waals surface area contributed by atoms with Crippen molar-refractivity contribution in [3.8, 4) is 11.1 Å². The van der Waals surface area contributed by atoms with Gasteiger partial charge in [-0.1, -0.05) is 54.6 Å². The van der Waals surface area contributed by atoms with Gasteiger partial charge in [-0.05, 0) is 35.8 Å². The Bertz CT molecular complexity index is 770. The molecule has 0 aromatic heterocycles. The molecule has 1 N–H and O–H groups in total. The minimum absolute atomic E-state index is 0.252. The molecule has 5 heteroatoms. The largest absolute Gasteiger partial charge is 0.460 e. The molecule has 1 heterocycles. The van der Waals surface area contributed by atoms with E-state index in [0.717, 1.165) is 16.7 Å². The van der Waals surface area contributed by atoms with Gasteiger partial charge < -0.3 is 10.1 Å². The zero-order valence-corrected chi connectivity index (χ0v) is 14.2. The Morgan fingerprint density at radius 2 is 1.83 bits per heavy atom. The molecule has 0 bridgehead atoms. The van der Waals surface area contributed by atoms with Crippen molar-refractivity contribution in [2.45, 2.75) is 13.5 Å². The summed E-state index contributed by atoms with van der Waals surface area (Å²) in [5.74, 6) is -0.654. The maximum Gasteiger partial charge on any atom is 0.316 e. The Balaban J connectivity index is 1.60. The number of carbonyl (C=O) groups excluding carboxylic acids is 1. The minimum Gasteiger partial charge on any atom is -0.460 e. The van der Waals surface area contributed by atoms with Crippen LogP contribution in [0.2, 0.25) is 0 Å². The summed E-state index contributed by atoms with van der Waals surface area (Å²) in [5, 5.41) is 3.33. The lowest BCUT2D eigenvalue weighted by Gasteiger charge is -2.21. The highest BCUT2D eigenvalue weighted by molar-refractivity contribution is 7.80. The molecule has 0 aliphatic carbocycles. The lowest BCUT2D eigenvalue weighted by Crippen LogP contribution is -2.41. The molecule has 2 aromatic carbocycles. The van der Waals surface area contributed by atoms with E-state index in [1.165, 1.54) is 0 Å². The number of benzene rings is 2. The van der Waals surface area contributed by atoms with E-state index in [-0.39, 0.29) is 18.5 Å². The third-order valence-corrected chi connectivity index (χ3v) is 4.20. The van der Waals surface area contributed by atoms with Crippen molar-refractivity contribution in [3.05, 3.63) is 60.2 Å². The average Bonchev–Trinajstić information content (AvgIpc) is 2.61. The van der Waals surface area contributed by atoms with Gasteiger partial charge in [0.1, 0.15) is 12.5 Å². The van der Waals surface area contributed by atoms with Crippen LogP contribution in [0.4, 0.5) is 0 Å². The molecule has 0 saturated carbocycles. The number of nitrogens with zero attached hydrogens (tertiary/aromatic N) is 1. The number of hydrogen-bond acceptors (Lipinski definition) is 3. The van der Waals surface area contributed by atoms with Crippen LogP contribution < -0.4 is 5.32 Å². The predicted octanol–water partition coefficient (Wildman–Crippen LogP) is 3.36. The number of hydrogen-bond donors (Lipinski definition) is 1. The Labute approximate surface area is 146 Å². The average molecular weight is 338 g/mol. The van der Waals surface area contributed by atoms with Gasteiger partial charge in [0.05, 0.1) is 0 Å². The van der Waals surface area contributed by atoms with Crippen LogP contribution in [0.15, 0.2) is 59.6 Å². The third-order valence-electron chi connectivity index (χ3n) is 3.97. The fourth-order valence-corrected chi connectivity index (χ4v) is 2.77. The van der Waals surface area contributed by atoms with Gasteiger partial charge in [-0.15, -0.1) is 0 Å². The van der Waals surface area contributed by atoms with Gasteiger partial charge in [0.25, 0.3) is 0 Å². The number of esters is 1. The molecule has 0 amide bonds. The van der Waals surface area contributed by atoms with Crippen molar-refractivity contribution >= 4 is 29.0 Å². The molecule has 0 spiro atoms. The second-order valence-corrected chi connectivity index (χ2v) is 6.05. The molecular formula is C19H18N2O2S. The molecule has 3 rings (SSSR count). The van der Waals surface area contributed by atoms with E-state index in [2.05, 4.69) is 22.4 Å². The van der Waals surface area contributed by atoms with Crippen LogP contribution in [-0.2, 0) is 16.1 Å². The van der Waals surface area contributed by atoms with Gasteiger partial charge >= 0.3 is 5.97 Å². The lowest BCUT2D eigenvalue weighted by atomic mass is 10.0. The van der Waals surface area contributed by atoms with Crippen molar-refractivity contribution < 1.29 is 9.53 Å². The summed E-state index contributed by atoms with van der Waals surface area (Å²) in [5.41, 5.74) is 3.95. The first-order valence-corrected chi connectivity index (χ1v) is 8.18. The van der Waals surface area contributed by atoms with Gasteiger partial charge in [0.2, 0.25) is 0 Å².